The highest BCUT2D eigenvalue weighted by molar-refractivity contribution is 7.09. The van der Waals surface area contributed by atoms with Gasteiger partial charge in [0, 0.05) is 24.5 Å². The summed E-state index contributed by atoms with van der Waals surface area (Å²) in [7, 11) is 0. The predicted octanol–water partition coefficient (Wildman–Crippen LogP) is 1.65. The van der Waals surface area contributed by atoms with Crippen molar-refractivity contribution >= 4 is 17.2 Å². The minimum absolute atomic E-state index is 0.0383. The summed E-state index contributed by atoms with van der Waals surface area (Å²) >= 11 is 1.52. The van der Waals surface area contributed by atoms with Crippen LogP contribution in [0.2, 0.25) is 0 Å². The third-order valence-electron chi connectivity index (χ3n) is 3.46. The molecule has 1 aliphatic rings. The third kappa shape index (κ3) is 2.50. The van der Waals surface area contributed by atoms with E-state index in [1.807, 2.05) is 17.2 Å². The van der Waals surface area contributed by atoms with Crippen molar-refractivity contribution in [1.29, 1.82) is 0 Å². The molecule has 1 aliphatic heterocycles. The third-order valence-corrected chi connectivity index (χ3v) is 4.23. The average Bonchev–Trinajstić information content (AvgIpc) is 2.74. The van der Waals surface area contributed by atoms with Crippen LogP contribution in [0.25, 0.3) is 0 Å². The second-order valence-electron chi connectivity index (χ2n) is 4.67. The maximum Gasteiger partial charge on any atom is 0.273 e. The van der Waals surface area contributed by atoms with Crippen molar-refractivity contribution in [3.05, 3.63) is 16.1 Å². The number of aryl methyl sites for hydroxylation is 1. The Balaban J connectivity index is 2.17. The molecule has 0 bridgehead atoms. The molecule has 1 aromatic rings. The highest BCUT2D eigenvalue weighted by Crippen LogP contribution is 2.24. The molecule has 2 atom stereocenters. The molecule has 2 N–H and O–H groups in total. The van der Waals surface area contributed by atoms with Crippen LogP contribution in [0.4, 0.5) is 0 Å². The summed E-state index contributed by atoms with van der Waals surface area (Å²) in [5.74, 6) is 0.522. The molecule has 1 amide bonds. The zero-order valence-electron chi connectivity index (χ0n) is 10.3. The Morgan fingerprint density at radius 1 is 1.71 bits per heavy atom. The van der Waals surface area contributed by atoms with Gasteiger partial charge in [-0.05, 0) is 25.7 Å². The van der Waals surface area contributed by atoms with Gasteiger partial charge < -0.3 is 10.6 Å². The molecule has 17 heavy (non-hydrogen) atoms. The standard InChI is InChI=1S/C12H19N3OS/c1-8-4-3-5-15(11(8)6-13)12(16)10-7-17-9(2)14-10/h7-8,11H,3-6,13H2,1-2H3. The largest absolute Gasteiger partial charge is 0.333 e. The Bertz CT molecular complexity index is 404. The van der Waals surface area contributed by atoms with Crippen LogP contribution in [0.15, 0.2) is 5.38 Å². The van der Waals surface area contributed by atoms with Crippen LogP contribution in [0.3, 0.4) is 0 Å². The van der Waals surface area contributed by atoms with Gasteiger partial charge in [-0.15, -0.1) is 11.3 Å². The summed E-state index contributed by atoms with van der Waals surface area (Å²) in [5, 5.41) is 2.77. The number of carbonyl (C=O) groups excluding carboxylic acids is 1. The summed E-state index contributed by atoms with van der Waals surface area (Å²) in [6.45, 7) is 5.43. The van der Waals surface area contributed by atoms with E-state index in [-0.39, 0.29) is 11.9 Å². The SMILES string of the molecule is Cc1nc(C(=O)N2CCCC(C)C2CN)cs1. The van der Waals surface area contributed by atoms with Gasteiger partial charge in [0.25, 0.3) is 5.91 Å². The van der Waals surface area contributed by atoms with Crippen molar-refractivity contribution in [2.75, 3.05) is 13.1 Å². The molecule has 1 fully saturated rings. The summed E-state index contributed by atoms with van der Waals surface area (Å²) in [6, 6.07) is 0.165. The maximum absolute atomic E-state index is 12.3. The van der Waals surface area contributed by atoms with Crippen molar-refractivity contribution in [2.45, 2.75) is 32.7 Å². The summed E-state index contributed by atoms with van der Waals surface area (Å²) in [4.78, 5) is 18.5. The van der Waals surface area contributed by atoms with Gasteiger partial charge in [-0.3, -0.25) is 4.79 Å². The fourth-order valence-corrected chi connectivity index (χ4v) is 3.06. The van der Waals surface area contributed by atoms with Gasteiger partial charge in [-0.1, -0.05) is 6.92 Å². The molecular formula is C12H19N3OS. The summed E-state index contributed by atoms with van der Waals surface area (Å²) in [6.07, 6.45) is 2.22. The minimum Gasteiger partial charge on any atom is -0.333 e. The number of nitrogens with zero attached hydrogens (tertiary/aromatic N) is 2. The second kappa shape index (κ2) is 5.14. The number of aromatic nitrogens is 1. The number of likely N-dealkylation sites (tertiary alicyclic amines) is 1. The van der Waals surface area contributed by atoms with E-state index >= 15 is 0 Å². The van der Waals surface area contributed by atoms with E-state index in [2.05, 4.69) is 11.9 Å². The molecule has 0 aromatic carbocycles. The molecule has 0 radical (unpaired) electrons. The minimum atomic E-state index is 0.0383. The molecule has 0 saturated carbocycles. The zero-order valence-corrected chi connectivity index (χ0v) is 11.2. The number of amides is 1. The molecule has 2 unspecified atom stereocenters. The van der Waals surface area contributed by atoms with Crippen molar-refractivity contribution in [3.63, 3.8) is 0 Å². The van der Waals surface area contributed by atoms with Gasteiger partial charge in [0.15, 0.2) is 0 Å². The van der Waals surface area contributed by atoms with Gasteiger partial charge in [0.05, 0.1) is 5.01 Å². The first-order valence-corrected chi connectivity index (χ1v) is 6.94. The number of hydrogen-bond acceptors (Lipinski definition) is 4. The Kier molecular flexibility index (Phi) is 3.79. The predicted molar refractivity (Wildman–Crippen MR) is 69.1 cm³/mol. The van der Waals surface area contributed by atoms with E-state index in [0.29, 0.717) is 18.2 Å². The lowest BCUT2D eigenvalue weighted by molar-refractivity contribution is 0.0527. The zero-order chi connectivity index (χ0) is 12.4. The smallest absolute Gasteiger partial charge is 0.273 e. The monoisotopic (exact) mass is 253 g/mol. The van der Waals surface area contributed by atoms with E-state index in [0.717, 1.165) is 24.4 Å². The Morgan fingerprint density at radius 2 is 2.47 bits per heavy atom. The van der Waals surface area contributed by atoms with E-state index < -0.39 is 0 Å². The fourth-order valence-electron chi connectivity index (χ4n) is 2.47. The average molecular weight is 253 g/mol. The van der Waals surface area contributed by atoms with Crippen LogP contribution in [-0.4, -0.2) is 34.9 Å². The lowest BCUT2D eigenvalue weighted by Crippen LogP contribution is -2.51. The maximum atomic E-state index is 12.3. The topological polar surface area (TPSA) is 59.2 Å². The van der Waals surface area contributed by atoms with Crippen LogP contribution < -0.4 is 5.73 Å². The van der Waals surface area contributed by atoms with Crippen LogP contribution in [0.1, 0.15) is 35.3 Å². The molecule has 0 spiro atoms. The van der Waals surface area contributed by atoms with Crippen LogP contribution in [0, 0.1) is 12.8 Å². The first kappa shape index (κ1) is 12.5. The van der Waals surface area contributed by atoms with E-state index in [1.54, 1.807) is 0 Å². The Labute approximate surface area is 106 Å². The number of rotatable bonds is 2. The molecule has 0 aliphatic carbocycles. The number of carbonyl (C=O) groups is 1. The summed E-state index contributed by atoms with van der Waals surface area (Å²) in [5.41, 5.74) is 6.36. The molecule has 5 heteroatoms. The first-order valence-electron chi connectivity index (χ1n) is 6.06. The lowest BCUT2D eigenvalue weighted by atomic mass is 9.90. The Morgan fingerprint density at radius 3 is 3.06 bits per heavy atom. The van der Waals surface area contributed by atoms with E-state index in [4.69, 9.17) is 5.73 Å². The molecule has 1 saturated heterocycles. The Hall–Kier alpha value is -0.940. The second-order valence-corrected chi connectivity index (χ2v) is 5.74. The highest BCUT2D eigenvalue weighted by atomic mass is 32.1. The number of nitrogens with two attached hydrogens (primary N) is 1. The van der Waals surface area contributed by atoms with Gasteiger partial charge >= 0.3 is 0 Å². The van der Waals surface area contributed by atoms with Gasteiger partial charge in [0.2, 0.25) is 0 Å². The molecule has 1 aromatic heterocycles. The first-order chi connectivity index (χ1) is 8.13. The van der Waals surface area contributed by atoms with Crippen LogP contribution >= 0.6 is 11.3 Å². The number of hydrogen-bond donors (Lipinski definition) is 1. The van der Waals surface area contributed by atoms with Crippen molar-refractivity contribution in [2.24, 2.45) is 11.7 Å². The fraction of sp³-hybridized carbons (Fsp3) is 0.667. The van der Waals surface area contributed by atoms with E-state index in [9.17, 15) is 4.79 Å². The van der Waals surface area contributed by atoms with Crippen molar-refractivity contribution in [3.8, 4) is 0 Å². The van der Waals surface area contributed by atoms with Gasteiger partial charge in [-0.25, -0.2) is 4.98 Å². The molecule has 2 rings (SSSR count). The van der Waals surface area contributed by atoms with E-state index in [1.165, 1.54) is 11.3 Å². The van der Waals surface area contributed by atoms with Crippen molar-refractivity contribution in [1.82, 2.24) is 9.88 Å². The summed E-state index contributed by atoms with van der Waals surface area (Å²) < 4.78 is 0. The molecule has 4 nitrogen and oxygen atoms in total. The van der Waals surface area contributed by atoms with Crippen LogP contribution in [-0.2, 0) is 0 Å². The quantitative estimate of drug-likeness (QED) is 0.872. The van der Waals surface area contributed by atoms with Crippen molar-refractivity contribution < 1.29 is 4.79 Å². The lowest BCUT2D eigenvalue weighted by Gasteiger charge is -2.39. The number of piperidine rings is 1. The molecule has 94 valence electrons. The van der Waals surface area contributed by atoms with Crippen LogP contribution in [0.5, 0.6) is 0 Å². The van der Waals surface area contributed by atoms with Gasteiger partial charge in [-0.2, -0.15) is 0 Å². The van der Waals surface area contributed by atoms with Gasteiger partial charge in [0.1, 0.15) is 5.69 Å². The highest BCUT2D eigenvalue weighted by Gasteiger charge is 2.32. The normalized spacial score (nSPS) is 25.0. The molecule has 2 heterocycles. The molecular weight excluding hydrogens is 234 g/mol. The number of thiazole rings is 1.